The first kappa shape index (κ1) is 11.2. The molecule has 0 bridgehead atoms. The van der Waals surface area contributed by atoms with Crippen LogP contribution in [0, 0.1) is 0 Å². The number of hydrogen-bond donors (Lipinski definition) is 4. The number of allylic oxidation sites excluding steroid dienone is 2. The predicted molar refractivity (Wildman–Crippen MR) is 59.0 cm³/mol. The molecule has 0 heterocycles. The maximum atomic E-state index is 6.01. The van der Waals surface area contributed by atoms with Gasteiger partial charge >= 0.3 is 0 Å². The normalized spacial score (nSPS) is 26.4. The Bertz CT molecular complexity index is 288. The second-order valence-corrected chi connectivity index (χ2v) is 3.77. The van der Waals surface area contributed by atoms with E-state index < -0.39 is 11.7 Å². The van der Waals surface area contributed by atoms with Crippen molar-refractivity contribution in [3.8, 4) is 0 Å². The van der Waals surface area contributed by atoms with Crippen LogP contribution in [0.25, 0.3) is 0 Å². The summed E-state index contributed by atoms with van der Waals surface area (Å²) in [5.74, 6) is 0. The van der Waals surface area contributed by atoms with E-state index in [1.165, 1.54) is 0 Å². The summed E-state index contributed by atoms with van der Waals surface area (Å²) in [6.45, 7) is 4.09. The molecule has 0 spiro atoms. The van der Waals surface area contributed by atoms with E-state index in [0.717, 1.165) is 24.0 Å². The third kappa shape index (κ3) is 1.56. The van der Waals surface area contributed by atoms with Gasteiger partial charge in [0.15, 0.2) is 0 Å². The second kappa shape index (κ2) is 3.73. The standard InChI is InChI=1S/C10H20N4/c1-3-6-5-8(11)9(12)10(13,14)7(6)4-2/h5,9H,3-4,11-14H2,1-2H3. The maximum Gasteiger partial charge on any atom is 0.108 e. The van der Waals surface area contributed by atoms with Gasteiger partial charge in [0.25, 0.3) is 0 Å². The van der Waals surface area contributed by atoms with Crippen molar-refractivity contribution in [2.45, 2.75) is 38.4 Å². The molecule has 1 rings (SSSR count). The Morgan fingerprint density at radius 2 is 1.86 bits per heavy atom. The largest absolute Gasteiger partial charge is 0.401 e. The van der Waals surface area contributed by atoms with Gasteiger partial charge in [-0.25, -0.2) is 0 Å². The van der Waals surface area contributed by atoms with Crippen molar-refractivity contribution in [3.05, 3.63) is 22.9 Å². The van der Waals surface area contributed by atoms with Crippen molar-refractivity contribution in [2.24, 2.45) is 22.9 Å². The zero-order valence-corrected chi connectivity index (χ0v) is 8.88. The van der Waals surface area contributed by atoms with Crippen LogP contribution in [-0.2, 0) is 0 Å². The van der Waals surface area contributed by atoms with Crippen LogP contribution in [0.4, 0.5) is 0 Å². The van der Waals surface area contributed by atoms with Crippen molar-refractivity contribution < 1.29 is 0 Å². The van der Waals surface area contributed by atoms with Crippen LogP contribution in [0.2, 0.25) is 0 Å². The zero-order chi connectivity index (χ0) is 10.9. The average Bonchev–Trinajstić information content (AvgIpc) is 2.13. The minimum Gasteiger partial charge on any atom is -0.401 e. The van der Waals surface area contributed by atoms with Crippen molar-refractivity contribution in [3.63, 3.8) is 0 Å². The highest BCUT2D eigenvalue weighted by Crippen LogP contribution is 2.29. The number of nitrogens with two attached hydrogens (primary N) is 4. The Balaban J connectivity index is 3.23. The third-order valence-electron chi connectivity index (χ3n) is 2.86. The van der Waals surface area contributed by atoms with Gasteiger partial charge in [0.1, 0.15) is 5.66 Å². The summed E-state index contributed by atoms with van der Waals surface area (Å²) < 4.78 is 0. The first-order valence-electron chi connectivity index (χ1n) is 4.98. The van der Waals surface area contributed by atoms with Gasteiger partial charge in [-0.3, -0.25) is 0 Å². The molecule has 0 saturated carbocycles. The Kier molecular flexibility index (Phi) is 2.99. The fourth-order valence-electron chi connectivity index (χ4n) is 1.97. The molecule has 1 aliphatic carbocycles. The van der Waals surface area contributed by atoms with Crippen LogP contribution < -0.4 is 22.9 Å². The molecule has 14 heavy (non-hydrogen) atoms. The summed E-state index contributed by atoms with van der Waals surface area (Å²) in [5.41, 5.74) is 25.4. The smallest absolute Gasteiger partial charge is 0.108 e. The molecule has 0 aromatic heterocycles. The molecule has 4 heteroatoms. The van der Waals surface area contributed by atoms with Crippen LogP contribution in [0.5, 0.6) is 0 Å². The molecule has 0 amide bonds. The summed E-state index contributed by atoms with van der Waals surface area (Å²) >= 11 is 0. The fourth-order valence-corrected chi connectivity index (χ4v) is 1.97. The van der Waals surface area contributed by atoms with Crippen molar-refractivity contribution in [2.75, 3.05) is 0 Å². The zero-order valence-electron chi connectivity index (χ0n) is 8.88. The lowest BCUT2D eigenvalue weighted by molar-refractivity contribution is 0.426. The SMILES string of the molecule is CCC1=C(CC)C(N)(N)C(N)C(N)=C1. The molecular formula is C10H20N4. The van der Waals surface area contributed by atoms with Gasteiger partial charge in [0.05, 0.1) is 6.04 Å². The van der Waals surface area contributed by atoms with E-state index in [-0.39, 0.29) is 0 Å². The Morgan fingerprint density at radius 1 is 1.29 bits per heavy atom. The molecule has 0 aliphatic heterocycles. The van der Waals surface area contributed by atoms with Gasteiger partial charge in [-0.1, -0.05) is 13.8 Å². The van der Waals surface area contributed by atoms with Crippen LogP contribution >= 0.6 is 0 Å². The van der Waals surface area contributed by atoms with Gasteiger partial charge in [-0.2, -0.15) is 0 Å². The highest BCUT2D eigenvalue weighted by Gasteiger charge is 2.36. The molecule has 80 valence electrons. The van der Waals surface area contributed by atoms with E-state index in [2.05, 4.69) is 6.92 Å². The van der Waals surface area contributed by atoms with Crippen LogP contribution in [0.15, 0.2) is 22.9 Å². The van der Waals surface area contributed by atoms with Crippen molar-refractivity contribution >= 4 is 0 Å². The van der Waals surface area contributed by atoms with E-state index in [0.29, 0.717) is 5.70 Å². The molecule has 1 unspecified atom stereocenters. The van der Waals surface area contributed by atoms with E-state index in [9.17, 15) is 0 Å². The maximum absolute atomic E-state index is 6.01. The summed E-state index contributed by atoms with van der Waals surface area (Å²) in [6, 6.07) is -0.479. The number of rotatable bonds is 2. The summed E-state index contributed by atoms with van der Waals surface area (Å²) in [7, 11) is 0. The highest BCUT2D eigenvalue weighted by atomic mass is 15.0. The predicted octanol–water partition coefficient (Wildman–Crippen LogP) is -0.0998. The topological polar surface area (TPSA) is 104 Å². The summed E-state index contributed by atoms with van der Waals surface area (Å²) in [5, 5.41) is 0. The molecule has 0 aromatic rings. The lowest BCUT2D eigenvalue weighted by Crippen LogP contribution is -2.66. The first-order chi connectivity index (χ1) is 6.45. The van der Waals surface area contributed by atoms with E-state index in [4.69, 9.17) is 22.9 Å². The lowest BCUT2D eigenvalue weighted by atomic mass is 9.81. The molecule has 0 fully saturated rings. The number of hydrogen-bond acceptors (Lipinski definition) is 4. The van der Waals surface area contributed by atoms with Crippen LogP contribution in [-0.4, -0.2) is 11.7 Å². The first-order valence-corrected chi connectivity index (χ1v) is 4.98. The Morgan fingerprint density at radius 3 is 2.29 bits per heavy atom. The Labute approximate surface area is 85.0 Å². The van der Waals surface area contributed by atoms with Gasteiger partial charge in [-0.05, 0) is 30.1 Å². The average molecular weight is 196 g/mol. The van der Waals surface area contributed by atoms with E-state index in [1.54, 1.807) is 0 Å². The van der Waals surface area contributed by atoms with Crippen LogP contribution in [0.3, 0.4) is 0 Å². The van der Waals surface area contributed by atoms with Gasteiger partial charge in [0, 0.05) is 5.70 Å². The third-order valence-corrected chi connectivity index (χ3v) is 2.86. The molecule has 0 saturated heterocycles. The van der Waals surface area contributed by atoms with Crippen molar-refractivity contribution in [1.29, 1.82) is 0 Å². The second-order valence-electron chi connectivity index (χ2n) is 3.77. The summed E-state index contributed by atoms with van der Waals surface area (Å²) in [6.07, 6.45) is 3.60. The molecule has 0 radical (unpaired) electrons. The van der Waals surface area contributed by atoms with Crippen molar-refractivity contribution in [1.82, 2.24) is 0 Å². The minimum atomic E-state index is -0.987. The molecular weight excluding hydrogens is 176 g/mol. The molecule has 0 aromatic carbocycles. The quantitative estimate of drug-likeness (QED) is 0.463. The van der Waals surface area contributed by atoms with E-state index >= 15 is 0 Å². The fraction of sp³-hybridized carbons (Fsp3) is 0.600. The Hall–Kier alpha value is -0.840. The molecule has 4 nitrogen and oxygen atoms in total. The highest BCUT2D eigenvalue weighted by molar-refractivity contribution is 5.43. The molecule has 8 N–H and O–H groups in total. The van der Waals surface area contributed by atoms with Gasteiger partial charge in [0.2, 0.25) is 0 Å². The van der Waals surface area contributed by atoms with Crippen LogP contribution in [0.1, 0.15) is 26.7 Å². The minimum absolute atomic E-state index is 0.479. The van der Waals surface area contributed by atoms with Gasteiger partial charge < -0.3 is 22.9 Å². The molecule has 1 atom stereocenters. The molecule has 1 aliphatic rings. The van der Waals surface area contributed by atoms with Gasteiger partial charge in [-0.15, -0.1) is 0 Å². The lowest BCUT2D eigenvalue weighted by Gasteiger charge is -2.38. The van der Waals surface area contributed by atoms with E-state index in [1.807, 2.05) is 13.0 Å². The monoisotopic (exact) mass is 196 g/mol. The summed E-state index contributed by atoms with van der Waals surface area (Å²) in [4.78, 5) is 0.